The van der Waals surface area contributed by atoms with E-state index in [1.807, 2.05) is 0 Å². The summed E-state index contributed by atoms with van der Waals surface area (Å²) in [7, 11) is 1.72. The highest BCUT2D eigenvalue weighted by Gasteiger charge is 2.37. The first-order valence-electron chi connectivity index (χ1n) is 6.74. The molecule has 1 unspecified atom stereocenters. The molecule has 106 valence electrons. The van der Waals surface area contributed by atoms with Gasteiger partial charge in [0.25, 0.3) is 0 Å². The Bertz CT molecular complexity index is 396. The van der Waals surface area contributed by atoms with E-state index in [-0.39, 0.29) is 11.6 Å². The molecule has 1 fully saturated rings. The number of methoxy groups -OCH3 is 1. The summed E-state index contributed by atoms with van der Waals surface area (Å²) in [6.07, 6.45) is 3.26. The molecule has 0 radical (unpaired) electrons. The van der Waals surface area contributed by atoms with Gasteiger partial charge < -0.3 is 15.4 Å². The van der Waals surface area contributed by atoms with Gasteiger partial charge in [0.05, 0.1) is 5.60 Å². The molecular weight excluding hydrogens is 260 g/mol. The Labute approximate surface area is 118 Å². The van der Waals surface area contributed by atoms with Crippen LogP contribution in [0.3, 0.4) is 0 Å². The second kappa shape index (κ2) is 6.39. The second-order valence-corrected chi connectivity index (χ2v) is 6.04. The quantitative estimate of drug-likeness (QED) is 0.843. The molecule has 1 aromatic rings. The smallest absolute Gasteiger partial charge is 0.314 e. The lowest BCUT2D eigenvalue weighted by Gasteiger charge is -2.40. The van der Waals surface area contributed by atoms with Crippen LogP contribution < -0.4 is 10.6 Å². The largest absolute Gasteiger partial charge is 0.376 e. The maximum Gasteiger partial charge on any atom is 0.314 e. The number of rotatable bonds is 6. The number of carbonyl (C=O) groups excluding carboxylic acids is 1. The molecular formula is C14H22N2O2S. The Balaban J connectivity index is 1.67. The van der Waals surface area contributed by atoms with Crippen molar-refractivity contribution in [3.05, 3.63) is 22.4 Å². The maximum atomic E-state index is 11.7. The number of thiophene rings is 1. The minimum atomic E-state index is -0.115. The zero-order valence-electron chi connectivity index (χ0n) is 11.6. The fourth-order valence-electron chi connectivity index (χ4n) is 2.25. The predicted molar refractivity (Wildman–Crippen MR) is 77.7 cm³/mol. The van der Waals surface area contributed by atoms with E-state index in [1.54, 1.807) is 18.4 Å². The summed E-state index contributed by atoms with van der Waals surface area (Å²) in [5.74, 6) is 0.345. The Morgan fingerprint density at radius 3 is 2.84 bits per heavy atom. The highest BCUT2D eigenvalue weighted by molar-refractivity contribution is 7.07. The van der Waals surface area contributed by atoms with Crippen LogP contribution in [0.1, 0.15) is 37.7 Å². The first-order valence-corrected chi connectivity index (χ1v) is 7.68. The molecule has 0 saturated heterocycles. The number of hydrogen-bond acceptors (Lipinski definition) is 3. The van der Waals surface area contributed by atoms with Gasteiger partial charge in [-0.15, -0.1) is 0 Å². The molecule has 4 nitrogen and oxygen atoms in total. The molecule has 2 N–H and O–H groups in total. The van der Waals surface area contributed by atoms with E-state index in [0.717, 1.165) is 12.8 Å². The molecule has 2 rings (SSSR count). The summed E-state index contributed by atoms with van der Waals surface area (Å²) in [5, 5.41) is 10.0. The van der Waals surface area contributed by atoms with Gasteiger partial charge in [-0.05, 0) is 47.6 Å². The average Bonchev–Trinajstić information content (AvgIpc) is 2.89. The molecule has 0 aromatic carbocycles. The van der Waals surface area contributed by atoms with Crippen molar-refractivity contribution in [3.63, 3.8) is 0 Å². The molecule has 5 heteroatoms. The van der Waals surface area contributed by atoms with Gasteiger partial charge in [0.15, 0.2) is 0 Å². The molecule has 1 aliphatic rings. The van der Waals surface area contributed by atoms with Crippen LogP contribution in [0.15, 0.2) is 16.8 Å². The third-order valence-electron chi connectivity index (χ3n) is 3.95. The molecule has 0 aliphatic heterocycles. The first kappa shape index (κ1) is 14.3. The molecule has 2 amide bonds. The van der Waals surface area contributed by atoms with E-state index in [4.69, 9.17) is 4.74 Å². The molecule has 1 aliphatic carbocycles. The molecule has 1 atom stereocenters. The first-order chi connectivity index (χ1) is 9.15. The van der Waals surface area contributed by atoms with Crippen LogP contribution in [0.5, 0.6) is 0 Å². The highest BCUT2D eigenvalue weighted by Crippen LogP contribution is 2.34. The van der Waals surface area contributed by atoms with Gasteiger partial charge >= 0.3 is 6.03 Å². The number of carbonyl (C=O) groups is 1. The summed E-state index contributed by atoms with van der Waals surface area (Å²) < 4.78 is 5.47. The zero-order valence-corrected chi connectivity index (χ0v) is 12.4. The number of nitrogens with one attached hydrogen (secondary N) is 2. The zero-order chi connectivity index (χ0) is 13.7. The fraction of sp³-hybridized carbons (Fsp3) is 0.643. The van der Waals surface area contributed by atoms with E-state index in [9.17, 15) is 4.79 Å². The Hall–Kier alpha value is -1.07. The summed E-state index contributed by atoms with van der Waals surface area (Å²) in [4.78, 5) is 11.7. The van der Waals surface area contributed by atoms with Crippen LogP contribution in [-0.2, 0) is 4.74 Å². The van der Waals surface area contributed by atoms with Crippen LogP contribution >= 0.6 is 11.3 Å². The number of ether oxygens (including phenoxy) is 1. The van der Waals surface area contributed by atoms with Crippen molar-refractivity contribution in [2.45, 2.75) is 37.7 Å². The van der Waals surface area contributed by atoms with Crippen molar-refractivity contribution in [1.29, 1.82) is 0 Å². The number of hydrogen-bond donors (Lipinski definition) is 2. The van der Waals surface area contributed by atoms with Gasteiger partial charge in [-0.2, -0.15) is 11.3 Å². The number of amides is 2. The minimum absolute atomic E-state index is 0.106. The summed E-state index contributed by atoms with van der Waals surface area (Å²) >= 11 is 1.68. The van der Waals surface area contributed by atoms with Gasteiger partial charge in [-0.25, -0.2) is 4.79 Å². The maximum absolute atomic E-state index is 11.7. The van der Waals surface area contributed by atoms with E-state index >= 15 is 0 Å². The standard InChI is InChI=1S/C14H22N2O2S/c1-11(12-4-7-19-9-12)8-15-13(17)16-10-14(18-2)5-3-6-14/h4,7,9,11H,3,5-6,8,10H2,1-2H3,(H2,15,16,17). The van der Waals surface area contributed by atoms with Crippen molar-refractivity contribution in [1.82, 2.24) is 10.6 Å². The summed E-state index contributed by atoms with van der Waals surface area (Å²) in [6.45, 7) is 3.37. The van der Waals surface area contributed by atoms with E-state index in [1.165, 1.54) is 12.0 Å². The Morgan fingerprint density at radius 2 is 2.32 bits per heavy atom. The average molecular weight is 282 g/mol. The van der Waals surface area contributed by atoms with Gasteiger partial charge in [0.1, 0.15) is 0 Å². The van der Waals surface area contributed by atoms with Crippen LogP contribution in [0.25, 0.3) is 0 Å². The van der Waals surface area contributed by atoms with Crippen LogP contribution in [0.2, 0.25) is 0 Å². The SMILES string of the molecule is COC1(CNC(=O)NCC(C)c2ccsc2)CCC1. The van der Waals surface area contributed by atoms with Crippen LogP contribution in [0, 0.1) is 0 Å². The topological polar surface area (TPSA) is 50.4 Å². The van der Waals surface area contributed by atoms with Crippen molar-refractivity contribution < 1.29 is 9.53 Å². The fourth-order valence-corrected chi connectivity index (χ4v) is 3.03. The highest BCUT2D eigenvalue weighted by atomic mass is 32.1. The molecule has 0 bridgehead atoms. The van der Waals surface area contributed by atoms with Crippen LogP contribution in [-0.4, -0.2) is 31.8 Å². The monoisotopic (exact) mass is 282 g/mol. The van der Waals surface area contributed by atoms with Crippen molar-refractivity contribution >= 4 is 17.4 Å². The molecule has 1 heterocycles. The number of urea groups is 1. The van der Waals surface area contributed by atoms with Crippen molar-refractivity contribution in [3.8, 4) is 0 Å². The third kappa shape index (κ3) is 3.70. The molecule has 19 heavy (non-hydrogen) atoms. The van der Waals surface area contributed by atoms with E-state index < -0.39 is 0 Å². The lowest BCUT2D eigenvalue weighted by Crippen LogP contribution is -2.51. The minimum Gasteiger partial charge on any atom is -0.376 e. The van der Waals surface area contributed by atoms with Gasteiger partial charge in [-0.3, -0.25) is 0 Å². The third-order valence-corrected chi connectivity index (χ3v) is 4.65. The van der Waals surface area contributed by atoms with E-state index in [0.29, 0.717) is 19.0 Å². The van der Waals surface area contributed by atoms with Gasteiger partial charge in [0, 0.05) is 20.2 Å². The molecule has 1 aromatic heterocycles. The van der Waals surface area contributed by atoms with Crippen LogP contribution in [0.4, 0.5) is 4.79 Å². The van der Waals surface area contributed by atoms with Crippen molar-refractivity contribution in [2.24, 2.45) is 0 Å². The lowest BCUT2D eigenvalue weighted by atomic mass is 9.80. The molecule has 1 saturated carbocycles. The van der Waals surface area contributed by atoms with E-state index in [2.05, 4.69) is 34.4 Å². The Morgan fingerprint density at radius 1 is 1.53 bits per heavy atom. The predicted octanol–water partition coefficient (Wildman–Crippen LogP) is 2.72. The normalized spacial score (nSPS) is 18.4. The Kier molecular flexibility index (Phi) is 4.82. The molecule has 0 spiro atoms. The second-order valence-electron chi connectivity index (χ2n) is 5.26. The lowest BCUT2D eigenvalue weighted by molar-refractivity contribution is -0.0673. The van der Waals surface area contributed by atoms with Gasteiger partial charge in [-0.1, -0.05) is 6.92 Å². The van der Waals surface area contributed by atoms with Crippen molar-refractivity contribution in [2.75, 3.05) is 20.2 Å². The summed E-state index contributed by atoms with van der Waals surface area (Å²) in [6, 6.07) is 1.99. The summed E-state index contributed by atoms with van der Waals surface area (Å²) in [5.41, 5.74) is 1.16. The van der Waals surface area contributed by atoms with Gasteiger partial charge in [0.2, 0.25) is 0 Å².